The Morgan fingerprint density at radius 2 is 1.52 bits per heavy atom. The van der Waals surface area contributed by atoms with Crippen molar-refractivity contribution in [3.05, 3.63) is 48.6 Å². The first-order valence-electron chi connectivity index (χ1n) is 8.96. The van der Waals surface area contributed by atoms with E-state index >= 15 is 0 Å². The van der Waals surface area contributed by atoms with Crippen LogP contribution >= 0.6 is 0 Å². The Labute approximate surface area is 163 Å². The molecule has 1 aliphatic rings. The molecule has 0 heterocycles. The summed E-state index contributed by atoms with van der Waals surface area (Å²) in [7, 11) is -4.47. The molecule has 0 saturated heterocycles. The van der Waals surface area contributed by atoms with Crippen LogP contribution in [0.4, 0.5) is 0 Å². The number of benzene rings is 1. The Kier molecular flexibility index (Phi) is 7.02. The van der Waals surface area contributed by atoms with Crippen molar-refractivity contribution in [1.82, 2.24) is 8.61 Å². The number of allylic oxidation sites excluding steroid dienone is 1. The Balaban J connectivity index is 2.41. The van der Waals surface area contributed by atoms with Crippen molar-refractivity contribution in [3.63, 3.8) is 0 Å². The van der Waals surface area contributed by atoms with Crippen molar-refractivity contribution in [2.24, 2.45) is 0 Å². The molecule has 0 N–H and O–H groups in total. The fraction of sp³-hybridized carbons (Fsp3) is 0.474. The van der Waals surface area contributed by atoms with E-state index < -0.39 is 20.0 Å². The number of hydrogen-bond acceptors (Lipinski definition) is 4. The quantitative estimate of drug-likeness (QED) is 0.615. The lowest BCUT2D eigenvalue weighted by atomic mass is 10.2. The molecule has 6 nitrogen and oxygen atoms in total. The molecule has 150 valence electrons. The van der Waals surface area contributed by atoms with Gasteiger partial charge < -0.3 is 0 Å². The van der Waals surface area contributed by atoms with Crippen molar-refractivity contribution in [2.75, 3.05) is 20.6 Å². The van der Waals surface area contributed by atoms with E-state index in [4.69, 9.17) is 0 Å². The number of sulfonamides is 2. The topological polar surface area (TPSA) is 74.8 Å². The van der Waals surface area contributed by atoms with Crippen LogP contribution in [0.25, 0.3) is 0 Å². The van der Waals surface area contributed by atoms with E-state index in [-0.39, 0.29) is 22.4 Å². The second-order valence-electron chi connectivity index (χ2n) is 6.82. The highest BCUT2D eigenvalue weighted by Gasteiger charge is 2.33. The second kappa shape index (κ2) is 8.68. The van der Waals surface area contributed by atoms with E-state index in [2.05, 4.69) is 6.58 Å². The first kappa shape index (κ1) is 21.8. The molecule has 0 bridgehead atoms. The van der Waals surface area contributed by atoms with Crippen LogP contribution in [0.3, 0.4) is 0 Å². The number of rotatable bonds is 8. The van der Waals surface area contributed by atoms with Crippen LogP contribution < -0.4 is 0 Å². The van der Waals surface area contributed by atoms with Crippen LogP contribution in [0.5, 0.6) is 0 Å². The molecule has 0 spiro atoms. The van der Waals surface area contributed by atoms with Crippen LogP contribution in [0, 0.1) is 0 Å². The van der Waals surface area contributed by atoms with Gasteiger partial charge in [0.15, 0.2) is 0 Å². The second-order valence-corrected chi connectivity index (χ2v) is 10.9. The molecular formula is C19H28N2O4S2. The molecular weight excluding hydrogens is 384 g/mol. The summed E-state index contributed by atoms with van der Waals surface area (Å²) in [5.74, 6) is 0. The summed E-state index contributed by atoms with van der Waals surface area (Å²) in [5.41, 5.74) is 0.845. The maximum atomic E-state index is 13.3. The van der Waals surface area contributed by atoms with E-state index in [9.17, 15) is 16.8 Å². The van der Waals surface area contributed by atoms with Gasteiger partial charge in [-0.2, -0.15) is 4.31 Å². The molecule has 0 aliphatic heterocycles. The third-order valence-electron chi connectivity index (χ3n) is 4.91. The van der Waals surface area contributed by atoms with Gasteiger partial charge in [0, 0.05) is 26.7 Å². The summed E-state index contributed by atoms with van der Waals surface area (Å²) < 4.78 is 53.6. The van der Waals surface area contributed by atoms with Gasteiger partial charge in [-0.25, -0.2) is 21.1 Å². The van der Waals surface area contributed by atoms with E-state index in [1.54, 1.807) is 6.08 Å². The van der Waals surface area contributed by atoms with Gasteiger partial charge in [-0.05, 0) is 49.6 Å². The van der Waals surface area contributed by atoms with Crippen molar-refractivity contribution < 1.29 is 16.8 Å². The zero-order chi connectivity index (χ0) is 20.2. The van der Waals surface area contributed by atoms with E-state index in [1.165, 1.54) is 42.7 Å². The SMILES string of the molecule is C=C/C(=C\C)CN(C1CCCC1)S(=O)(=O)c1ccc(S(=O)(=O)N(C)C)cc1. The van der Waals surface area contributed by atoms with Crippen LogP contribution in [0.2, 0.25) is 0 Å². The lowest BCUT2D eigenvalue weighted by Gasteiger charge is -2.28. The lowest BCUT2D eigenvalue weighted by Crippen LogP contribution is -2.40. The minimum Gasteiger partial charge on any atom is -0.207 e. The molecule has 1 saturated carbocycles. The predicted octanol–water partition coefficient (Wildman–Crippen LogP) is 3.00. The van der Waals surface area contributed by atoms with Gasteiger partial charge in [-0.15, -0.1) is 0 Å². The third kappa shape index (κ3) is 4.68. The van der Waals surface area contributed by atoms with Gasteiger partial charge in [0.1, 0.15) is 0 Å². The maximum absolute atomic E-state index is 13.3. The minimum atomic E-state index is -3.75. The van der Waals surface area contributed by atoms with Gasteiger partial charge in [0.2, 0.25) is 20.0 Å². The fourth-order valence-electron chi connectivity index (χ4n) is 3.19. The van der Waals surface area contributed by atoms with Crippen molar-refractivity contribution in [1.29, 1.82) is 0 Å². The molecule has 0 atom stereocenters. The van der Waals surface area contributed by atoms with Crippen LogP contribution in [0.15, 0.2) is 58.4 Å². The average Bonchev–Trinajstić information content (AvgIpc) is 3.16. The average molecular weight is 413 g/mol. The smallest absolute Gasteiger partial charge is 0.207 e. The van der Waals surface area contributed by atoms with E-state index in [0.29, 0.717) is 0 Å². The Morgan fingerprint density at radius 1 is 1.04 bits per heavy atom. The third-order valence-corrected chi connectivity index (χ3v) is 8.65. The molecule has 0 aromatic heterocycles. The summed E-state index contributed by atoms with van der Waals surface area (Å²) in [6, 6.07) is 5.39. The summed E-state index contributed by atoms with van der Waals surface area (Å²) in [6.07, 6.45) is 7.22. The molecule has 1 fully saturated rings. The van der Waals surface area contributed by atoms with Gasteiger partial charge in [0.05, 0.1) is 9.79 Å². The van der Waals surface area contributed by atoms with E-state index in [0.717, 1.165) is 35.6 Å². The highest BCUT2D eigenvalue weighted by atomic mass is 32.2. The zero-order valence-corrected chi connectivity index (χ0v) is 17.8. The molecule has 1 aromatic carbocycles. The molecule has 0 radical (unpaired) electrons. The monoisotopic (exact) mass is 412 g/mol. The summed E-state index contributed by atoms with van der Waals surface area (Å²) >= 11 is 0. The Bertz CT molecular complexity index is 896. The van der Waals surface area contributed by atoms with Gasteiger partial charge in [-0.3, -0.25) is 0 Å². The summed E-state index contributed by atoms with van der Waals surface area (Å²) in [6.45, 7) is 5.89. The molecule has 2 rings (SSSR count). The highest BCUT2D eigenvalue weighted by molar-refractivity contribution is 7.89. The highest BCUT2D eigenvalue weighted by Crippen LogP contribution is 2.30. The Morgan fingerprint density at radius 3 is 1.93 bits per heavy atom. The van der Waals surface area contributed by atoms with Gasteiger partial charge in [-0.1, -0.05) is 31.6 Å². The largest absolute Gasteiger partial charge is 0.243 e. The molecule has 0 amide bonds. The van der Waals surface area contributed by atoms with Crippen molar-refractivity contribution in [3.8, 4) is 0 Å². The fourth-order valence-corrected chi connectivity index (χ4v) is 5.76. The molecule has 1 aromatic rings. The van der Waals surface area contributed by atoms with Crippen LogP contribution in [-0.4, -0.2) is 52.1 Å². The first-order chi connectivity index (χ1) is 12.6. The van der Waals surface area contributed by atoms with Gasteiger partial charge >= 0.3 is 0 Å². The molecule has 8 heteroatoms. The Hall–Kier alpha value is -1.48. The normalized spacial score (nSPS) is 17.0. The molecule has 27 heavy (non-hydrogen) atoms. The number of nitrogens with zero attached hydrogens (tertiary/aromatic N) is 2. The predicted molar refractivity (Wildman–Crippen MR) is 107 cm³/mol. The summed E-state index contributed by atoms with van der Waals surface area (Å²) in [5, 5.41) is 0. The van der Waals surface area contributed by atoms with Crippen molar-refractivity contribution >= 4 is 20.0 Å². The minimum absolute atomic E-state index is 0.0462. The summed E-state index contributed by atoms with van der Waals surface area (Å²) in [4.78, 5) is 0.172. The molecule has 1 aliphatic carbocycles. The lowest BCUT2D eigenvalue weighted by molar-refractivity contribution is 0.343. The standard InChI is InChI=1S/C19H28N2O4S2/c1-5-16(6-2)15-21(17-9-7-8-10-17)27(24,25)19-13-11-18(12-14-19)26(22,23)20(3)4/h5-6,11-14,17H,1,7-10,15H2,2-4H3/b16-6+. The maximum Gasteiger partial charge on any atom is 0.243 e. The first-order valence-corrected chi connectivity index (χ1v) is 11.8. The van der Waals surface area contributed by atoms with Crippen LogP contribution in [0.1, 0.15) is 32.6 Å². The van der Waals surface area contributed by atoms with Crippen LogP contribution in [-0.2, 0) is 20.0 Å². The van der Waals surface area contributed by atoms with Gasteiger partial charge in [0.25, 0.3) is 0 Å². The van der Waals surface area contributed by atoms with E-state index in [1.807, 2.05) is 13.0 Å². The number of hydrogen-bond donors (Lipinski definition) is 0. The zero-order valence-electron chi connectivity index (χ0n) is 16.1. The molecule has 0 unspecified atom stereocenters. The van der Waals surface area contributed by atoms with Crippen molar-refractivity contribution in [2.45, 2.75) is 48.4 Å².